The van der Waals surface area contributed by atoms with E-state index in [-0.39, 0.29) is 36.2 Å². The van der Waals surface area contributed by atoms with Gasteiger partial charge in [0, 0.05) is 17.6 Å². The van der Waals surface area contributed by atoms with Gasteiger partial charge in [0.15, 0.2) is 0 Å². The molecule has 2 bridgehead atoms. The van der Waals surface area contributed by atoms with Crippen molar-refractivity contribution in [1.29, 1.82) is 0 Å². The zero-order chi connectivity index (χ0) is 15.0. The lowest BCUT2D eigenvalue weighted by Gasteiger charge is -2.45. The number of hydrogen-bond donors (Lipinski definition) is 2. The van der Waals surface area contributed by atoms with Gasteiger partial charge in [-0.15, -0.1) is 12.4 Å². The Bertz CT molecular complexity index is 537. The fourth-order valence-electron chi connectivity index (χ4n) is 3.99. The third-order valence-corrected chi connectivity index (χ3v) is 5.11. The van der Waals surface area contributed by atoms with Gasteiger partial charge >= 0.3 is 0 Å². The van der Waals surface area contributed by atoms with Crippen molar-refractivity contribution in [2.45, 2.75) is 51.1 Å². The van der Waals surface area contributed by atoms with E-state index >= 15 is 0 Å². The molecule has 0 heterocycles. The van der Waals surface area contributed by atoms with Gasteiger partial charge in [-0.1, -0.05) is 12.5 Å². The van der Waals surface area contributed by atoms with E-state index in [0.717, 1.165) is 25.7 Å². The highest BCUT2D eigenvalue weighted by Gasteiger charge is 2.39. The number of benzene rings is 1. The molecular formula is C17H24ClFN2O. The molecule has 22 heavy (non-hydrogen) atoms. The van der Waals surface area contributed by atoms with Crippen molar-refractivity contribution in [3.05, 3.63) is 35.1 Å². The summed E-state index contributed by atoms with van der Waals surface area (Å²) in [6.45, 7) is 1.70. The Balaban J connectivity index is 0.00000176. The lowest BCUT2D eigenvalue weighted by atomic mass is 9.67. The van der Waals surface area contributed by atoms with Crippen molar-refractivity contribution < 1.29 is 9.18 Å². The summed E-state index contributed by atoms with van der Waals surface area (Å²) < 4.78 is 13.6. The van der Waals surface area contributed by atoms with Gasteiger partial charge in [0.25, 0.3) is 5.91 Å². The minimum Gasteiger partial charge on any atom is -0.349 e. The SMILES string of the molecule is Cc1ccc(C(=O)NC2C3CCCC2CC(N)C3)cc1F.Cl. The van der Waals surface area contributed by atoms with E-state index in [2.05, 4.69) is 5.32 Å². The minimum atomic E-state index is -0.325. The maximum atomic E-state index is 13.6. The first-order valence-corrected chi connectivity index (χ1v) is 7.87. The summed E-state index contributed by atoms with van der Waals surface area (Å²) in [5.74, 6) is 0.471. The topological polar surface area (TPSA) is 55.1 Å². The first-order chi connectivity index (χ1) is 10.0. The van der Waals surface area contributed by atoms with Gasteiger partial charge in [-0.05, 0) is 62.1 Å². The van der Waals surface area contributed by atoms with Crippen LogP contribution in [0.15, 0.2) is 18.2 Å². The number of rotatable bonds is 2. The quantitative estimate of drug-likeness (QED) is 0.877. The maximum Gasteiger partial charge on any atom is 0.251 e. The van der Waals surface area contributed by atoms with Crippen LogP contribution in [0.5, 0.6) is 0 Å². The molecule has 2 aliphatic rings. The van der Waals surface area contributed by atoms with Crippen LogP contribution >= 0.6 is 12.4 Å². The Hall–Kier alpha value is -1.13. The molecule has 1 aromatic carbocycles. The molecule has 2 unspecified atom stereocenters. The highest BCUT2D eigenvalue weighted by Crippen LogP contribution is 2.39. The van der Waals surface area contributed by atoms with Crippen LogP contribution in [0.2, 0.25) is 0 Å². The van der Waals surface area contributed by atoms with Crippen molar-refractivity contribution in [2.75, 3.05) is 0 Å². The smallest absolute Gasteiger partial charge is 0.251 e. The molecule has 0 aliphatic heterocycles. The molecule has 0 saturated heterocycles. The number of halogens is 2. The Morgan fingerprint density at radius 1 is 1.27 bits per heavy atom. The summed E-state index contributed by atoms with van der Waals surface area (Å²) in [5.41, 5.74) is 7.07. The van der Waals surface area contributed by atoms with Gasteiger partial charge in [-0.25, -0.2) is 4.39 Å². The van der Waals surface area contributed by atoms with Crippen LogP contribution in [0.25, 0.3) is 0 Å². The predicted octanol–water partition coefficient (Wildman–Crippen LogP) is 3.19. The number of carbonyl (C=O) groups is 1. The van der Waals surface area contributed by atoms with Gasteiger partial charge in [0.1, 0.15) is 5.82 Å². The number of aryl methyl sites for hydroxylation is 1. The Morgan fingerprint density at radius 2 is 1.91 bits per heavy atom. The second kappa shape index (κ2) is 6.97. The van der Waals surface area contributed by atoms with Gasteiger partial charge in [-0.3, -0.25) is 4.79 Å². The summed E-state index contributed by atoms with van der Waals surface area (Å²) in [4.78, 5) is 12.4. The first kappa shape index (κ1) is 17.2. The normalized spacial score (nSPS) is 30.3. The zero-order valence-electron chi connectivity index (χ0n) is 12.8. The molecule has 3 rings (SSSR count). The number of nitrogens with two attached hydrogens (primary N) is 1. The van der Waals surface area contributed by atoms with E-state index in [9.17, 15) is 9.18 Å². The van der Waals surface area contributed by atoms with Crippen LogP contribution in [0.3, 0.4) is 0 Å². The largest absolute Gasteiger partial charge is 0.349 e. The average Bonchev–Trinajstić information content (AvgIpc) is 2.42. The van der Waals surface area contributed by atoms with Gasteiger partial charge < -0.3 is 11.1 Å². The third kappa shape index (κ3) is 3.44. The molecule has 2 fully saturated rings. The highest BCUT2D eigenvalue weighted by atomic mass is 35.5. The van der Waals surface area contributed by atoms with Gasteiger partial charge in [0.2, 0.25) is 0 Å². The van der Waals surface area contributed by atoms with Crippen LogP contribution in [0.4, 0.5) is 4.39 Å². The molecule has 0 spiro atoms. The summed E-state index contributed by atoms with van der Waals surface area (Å²) in [5, 5.41) is 3.14. The molecular weight excluding hydrogens is 303 g/mol. The lowest BCUT2D eigenvalue weighted by Crippen LogP contribution is -2.53. The van der Waals surface area contributed by atoms with Crippen LogP contribution in [-0.2, 0) is 0 Å². The maximum absolute atomic E-state index is 13.6. The lowest BCUT2D eigenvalue weighted by molar-refractivity contribution is 0.0755. The average molecular weight is 327 g/mol. The summed E-state index contributed by atoms with van der Waals surface area (Å²) in [6, 6.07) is 5.15. The number of fused-ring (bicyclic) bond motifs is 2. The van der Waals surface area contributed by atoms with Crippen molar-refractivity contribution in [2.24, 2.45) is 17.6 Å². The van der Waals surface area contributed by atoms with E-state index in [0.29, 0.717) is 23.0 Å². The van der Waals surface area contributed by atoms with Crippen LogP contribution in [-0.4, -0.2) is 18.0 Å². The van der Waals surface area contributed by atoms with E-state index < -0.39 is 0 Å². The molecule has 2 saturated carbocycles. The van der Waals surface area contributed by atoms with Gasteiger partial charge in [0.05, 0.1) is 0 Å². The van der Waals surface area contributed by atoms with Crippen molar-refractivity contribution >= 4 is 18.3 Å². The Labute approximate surface area is 137 Å². The number of nitrogens with one attached hydrogen (secondary N) is 1. The molecule has 122 valence electrons. The molecule has 2 aliphatic carbocycles. The van der Waals surface area contributed by atoms with Gasteiger partial charge in [-0.2, -0.15) is 0 Å². The van der Waals surface area contributed by atoms with Crippen molar-refractivity contribution in [3.63, 3.8) is 0 Å². The van der Waals surface area contributed by atoms with E-state index in [1.54, 1.807) is 19.1 Å². The van der Waals surface area contributed by atoms with Crippen LogP contribution in [0.1, 0.15) is 48.0 Å². The van der Waals surface area contributed by atoms with Crippen molar-refractivity contribution in [1.82, 2.24) is 5.32 Å². The van der Waals surface area contributed by atoms with Crippen LogP contribution in [0, 0.1) is 24.6 Å². The fraction of sp³-hybridized carbons (Fsp3) is 0.588. The minimum absolute atomic E-state index is 0. The molecule has 1 amide bonds. The molecule has 3 nitrogen and oxygen atoms in total. The standard InChI is InChI=1S/C17H23FN2O.ClH/c1-10-5-6-13(9-15(10)18)17(21)20-16-11-3-2-4-12(16)8-14(19)7-11;/h5-6,9,11-12,14,16H,2-4,7-8,19H2,1H3,(H,20,21);1H. The zero-order valence-corrected chi connectivity index (χ0v) is 13.7. The summed E-state index contributed by atoms with van der Waals surface area (Å²) >= 11 is 0. The number of amides is 1. The Morgan fingerprint density at radius 3 is 2.50 bits per heavy atom. The summed E-state index contributed by atoms with van der Waals surface area (Å²) in [6.07, 6.45) is 5.48. The molecule has 5 heteroatoms. The second-order valence-electron chi connectivity index (χ2n) is 6.65. The molecule has 2 atom stereocenters. The van der Waals surface area contributed by atoms with E-state index in [4.69, 9.17) is 5.73 Å². The third-order valence-electron chi connectivity index (χ3n) is 5.11. The summed E-state index contributed by atoms with van der Waals surface area (Å²) in [7, 11) is 0. The molecule has 3 N–H and O–H groups in total. The molecule has 0 radical (unpaired) electrons. The monoisotopic (exact) mass is 326 g/mol. The molecule has 0 aromatic heterocycles. The van der Waals surface area contributed by atoms with Crippen molar-refractivity contribution in [3.8, 4) is 0 Å². The molecule has 1 aromatic rings. The van der Waals surface area contributed by atoms with E-state index in [1.807, 2.05) is 0 Å². The Kier molecular flexibility index (Phi) is 5.45. The van der Waals surface area contributed by atoms with E-state index in [1.165, 1.54) is 12.5 Å². The number of carbonyl (C=O) groups excluding carboxylic acids is 1. The number of hydrogen-bond acceptors (Lipinski definition) is 2. The van der Waals surface area contributed by atoms with Crippen LogP contribution < -0.4 is 11.1 Å². The fourth-order valence-corrected chi connectivity index (χ4v) is 3.99. The predicted molar refractivity (Wildman–Crippen MR) is 87.7 cm³/mol. The highest BCUT2D eigenvalue weighted by molar-refractivity contribution is 5.94. The first-order valence-electron chi connectivity index (χ1n) is 7.87. The second-order valence-corrected chi connectivity index (χ2v) is 6.65.